The molecule has 3 heterocycles. The second-order valence-electron chi connectivity index (χ2n) is 7.58. The first kappa shape index (κ1) is 19.0. The minimum absolute atomic E-state index is 0.130. The number of hydrogen-bond donors (Lipinski definition) is 2. The van der Waals surface area contributed by atoms with Crippen molar-refractivity contribution >= 4 is 39.4 Å². The number of carbonyl (C=O) groups is 1. The van der Waals surface area contributed by atoms with E-state index in [9.17, 15) is 4.79 Å². The number of nitrogens with zero attached hydrogens (tertiary/aromatic N) is 1. The van der Waals surface area contributed by atoms with Gasteiger partial charge in [-0.2, -0.15) is 0 Å². The zero-order chi connectivity index (χ0) is 20.5. The van der Waals surface area contributed by atoms with E-state index < -0.39 is 0 Å². The van der Waals surface area contributed by atoms with E-state index in [-0.39, 0.29) is 5.91 Å². The molecule has 5 rings (SSSR count). The average molecular weight is 424 g/mol. The number of carbonyl (C=O) groups excluding carboxylic acids is 1. The molecule has 2 N–H and O–H groups in total. The fourth-order valence-corrected chi connectivity index (χ4v) is 4.08. The van der Waals surface area contributed by atoms with Gasteiger partial charge in [-0.05, 0) is 49.2 Å². The maximum absolute atomic E-state index is 12.7. The van der Waals surface area contributed by atoms with Gasteiger partial charge in [-0.3, -0.25) is 10.2 Å². The van der Waals surface area contributed by atoms with E-state index in [1.165, 1.54) is 6.42 Å². The number of fused-ring (bicyclic) bond motifs is 2. The largest absolute Gasteiger partial charge is 0.488 e. The summed E-state index contributed by atoms with van der Waals surface area (Å²) in [6, 6.07) is 13.1. The van der Waals surface area contributed by atoms with Gasteiger partial charge < -0.3 is 14.1 Å². The molecule has 4 aromatic rings. The van der Waals surface area contributed by atoms with Crippen LogP contribution in [0.15, 0.2) is 53.1 Å². The highest BCUT2D eigenvalue weighted by molar-refractivity contribution is 6.31. The summed E-state index contributed by atoms with van der Waals surface area (Å²) in [7, 11) is 0. The molecule has 2 aromatic carbocycles. The molecule has 1 saturated heterocycles. The highest BCUT2D eigenvalue weighted by atomic mass is 35.5. The van der Waals surface area contributed by atoms with Gasteiger partial charge in [0.25, 0.3) is 5.91 Å². The van der Waals surface area contributed by atoms with Gasteiger partial charge in [0.05, 0.1) is 6.26 Å². The lowest BCUT2D eigenvalue weighted by Crippen LogP contribution is -2.45. The fraction of sp³-hybridized carbons (Fsp3) is 0.261. The SMILES string of the molecule is O=C(NN1CCCCC1)c1cc2c(OCc3coc4ccc(Cl)cc34)cccc2[nH]1. The van der Waals surface area contributed by atoms with Crippen LogP contribution in [0.25, 0.3) is 21.9 Å². The normalized spacial score (nSPS) is 15.0. The molecular weight excluding hydrogens is 402 g/mol. The van der Waals surface area contributed by atoms with E-state index in [0.29, 0.717) is 23.1 Å². The maximum atomic E-state index is 12.7. The van der Waals surface area contributed by atoms with Crippen LogP contribution < -0.4 is 10.2 Å². The van der Waals surface area contributed by atoms with Crippen molar-refractivity contribution in [1.29, 1.82) is 0 Å². The van der Waals surface area contributed by atoms with E-state index in [4.69, 9.17) is 20.8 Å². The highest BCUT2D eigenvalue weighted by Crippen LogP contribution is 2.29. The molecule has 6 nitrogen and oxygen atoms in total. The molecule has 1 aliphatic heterocycles. The zero-order valence-corrected chi connectivity index (χ0v) is 17.2. The topological polar surface area (TPSA) is 70.5 Å². The Morgan fingerprint density at radius 2 is 2.00 bits per heavy atom. The van der Waals surface area contributed by atoms with E-state index in [2.05, 4.69) is 10.4 Å². The van der Waals surface area contributed by atoms with Gasteiger partial charge in [-0.1, -0.05) is 24.1 Å². The summed E-state index contributed by atoms with van der Waals surface area (Å²) in [4.78, 5) is 15.9. The smallest absolute Gasteiger partial charge is 0.282 e. The van der Waals surface area contributed by atoms with Crippen LogP contribution in [0.1, 0.15) is 35.3 Å². The number of halogens is 1. The Hall–Kier alpha value is -2.96. The molecule has 1 aliphatic rings. The van der Waals surface area contributed by atoms with Crippen LogP contribution in [0.4, 0.5) is 0 Å². The molecule has 1 amide bonds. The average Bonchev–Trinajstić information content (AvgIpc) is 3.37. The second kappa shape index (κ2) is 8.05. The Morgan fingerprint density at radius 1 is 1.13 bits per heavy atom. The molecule has 7 heteroatoms. The summed E-state index contributed by atoms with van der Waals surface area (Å²) in [5.74, 6) is 0.576. The first-order valence-electron chi connectivity index (χ1n) is 10.1. The number of amides is 1. The Morgan fingerprint density at radius 3 is 2.87 bits per heavy atom. The summed E-state index contributed by atoms with van der Waals surface area (Å²) in [5, 5.41) is 4.45. The molecule has 0 radical (unpaired) electrons. The first-order valence-corrected chi connectivity index (χ1v) is 10.5. The van der Waals surface area contributed by atoms with Crippen molar-refractivity contribution in [2.24, 2.45) is 0 Å². The van der Waals surface area contributed by atoms with Gasteiger partial charge in [0.2, 0.25) is 0 Å². The van der Waals surface area contributed by atoms with Crippen LogP contribution in [-0.4, -0.2) is 29.0 Å². The number of hydrazine groups is 1. The molecule has 0 aliphatic carbocycles. The van der Waals surface area contributed by atoms with Crippen molar-refractivity contribution in [2.45, 2.75) is 25.9 Å². The summed E-state index contributed by atoms with van der Waals surface area (Å²) in [5.41, 5.74) is 6.06. The predicted molar refractivity (Wildman–Crippen MR) is 117 cm³/mol. The molecule has 2 aromatic heterocycles. The van der Waals surface area contributed by atoms with Crippen LogP contribution in [0.3, 0.4) is 0 Å². The Bertz CT molecular complexity index is 1210. The molecule has 0 atom stereocenters. The summed E-state index contributed by atoms with van der Waals surface area (Å²) >= 11 is 6.12. The zero-order valence-electron chi connectivity index (χ0n) is 16.4. The van der Waals surface area contributed by atoms with E-state index in [1.54, 1.807) is 12.3 Å². The number of furan rings is 1. The van der Waals surface area contributed by atoms with Crippen molar-refractivity contribution in [2.75, 3.05) is 13.1 Å². The molecule has 0 spiro atoms. The lowest BCUT2D eigenvalue weighted by molar-refractivity contribution is 0.0745. The van der Waals surface area contributed by atoms with Gasteiger partial charge in [-0.15, -0.1) is 0 Å². The number of H-pyrrole nitrogens is 1. The Kier molecular flexibility index (Phi) is 5.11. The van der Waals surface area contributed by atoms with E-state index in [0.717, 1.165) is 53.4 Å². The molecule has 0 bridgehead atoms. The van der Waals surface area contributed by atoms with Gasteiger partial charge in [0, 0.05) is 40.0 Å². The summed E-state index contributed by atoms with van der Waals surface area (Å²) in [6.07, 6.45) is 5.13. The van der Waals surface area contributed by atoms with Crippen molar-refractivity contribution in [1.82, 2.24) is 15.4 Å². The number of piperidine rings is 1. The van der Waals surface area contributed by atoms with Crippen LogP contribution in [0.2, 0.25) is 5.02 Å². The third-order valence-electron chi connectivity index (χ3n) is 5.48. The monoisotopic (exact) mass is 423 g/mol. The highest BCUT2D eigenvalue weighted by Gasteiger charge is 2.17. The van der Waals surface area contributed by atoms with Crippen molar-refractivity contribution in [3.63, 3.8) is 0 Å². The fourth-order valence-electron chi connectivity index (χ4n) is 3.91. The predicted octanol–water partition coefficient (Wildman–Crippen LogP) is 5.28. The molecule has 30 heavy (non-hydrogen) atoms. The number of aromatic nitrogens is 1. The number of rotatable bonds is 5. The third kappa shape index (κ3) is 3.76. The Labute approximate surface area is 178 Å². The number of hydrogen-bond acceptors (Lipinski definition) is 4. The summed E-state index contributed by atoms with van der Waals surface area (Å²) in [6.45, 7) is 2.12. The van der Waals surface area contributed by atoms with Crippen molar-refractivity contribution < 1.29 is 13.9 Å². The lowest BCUT2D eigenvalue weighted by Gasteiger charge is -2.26. The minimum Gasteiger partial charge on any atom is -0.488 e. The van der Waals surface area contributed by atoms with Crippen molar-refractivity contribution in [3.05, 3.63) is 65.0 Å². The quantitative estimate of drug-likeness (QED) is 0.458. The van der Waals surface area contributed by atoms with Gasteiger partial charge >= 0.3 is 0 Å². The standard InChI is InChI=1S/C23H22ClN3O3/c24-16-7-8-22-17(11-16)15(14-30-22)13-29-21-6-4-5-19-18(21)12-20(25-19)23(28)26-27-9-2-1-3-10-27/h4-8,11-12,14,25H,1-3,9-10,13H2,(H,26,28). The van der Waals surface area contributed by atoms with Gasteiger partial charge in [0.15, 0.2) is 0 Å². The van der Waals surface area contributed by atoms with E-state index >= 15 is 0 Å². The van der Waals surface area contributed by atoms with Crippen molar-refractivity contribution in [3.8, 4) is 5.75 Å². The maximum Gasteiger partial charge on any atom is 0.282 e. The molecule has 0 saturated carbocycles. The lowest BCUT2D eigenvalue weighted by atomic mass is 10.2. The number of nitrogens with one attached hydrogen (secondary N) is 2. The number of benzene rings is 2. The molecule has 1 fully saturated rings. The van der Waals surface area contributed by atoms with Crippen LogP contribution in [0, 0.1) is 0 Å². The third-order valence-corrected chi connectivity index (χ3v) is 5.72. The second-order valence-corrected chi connectivity index (χ2v) is 8.02. The summed E-state index contributed by atoms with van der Waals surface area (Å²) < 4.78 is 11.7. The van der Waals surface area contributed by atoms with E-state index in [1.807, 2.05) is 41.4 Å². The minimum atomic E-state index is -0.130. The van der Waals surface area contributed by atoms with Crippen LogP contribution in [0.5, 0.6) is 5.75 Å². The molecule has 0 unspecified atom stereocenters. The van der Waals surface area contributed by atoms with Gasteiger partial charge in [0.1, 0.15) is 23.6 Å². The first-order chi connectivity index (χ1) is 14.7. The van der Waals surface area contributed by atoms with Gasteiger partial charge in [-0.25, -0.2) is 5.01 Å². The van der Waals surface area contributed by atoms with Crippen LogP contribution >= 0.6 is 11.6 Å². The van der Waals surface area contributed by atoms with Crippen LogP contribution in [-0.2, 0) is 6.61 Å². The number of ether oxygens (including phenoxy) is 1. The molecule has 154 valence electrons. The number of aromatic amines is 1. The molecular formula is C23H22ClN3O3. The Balaban J connectivity index is 1.35.